The number of ether oxygens (including phenoxy) is 1. The van der Waals surface area contributed by atoms with Crippen LogP contribution in [0, 0.1) is 13.8 Å². The summed E-state index contributed by atoms with van der Waals surface area (Å²) in [4.78, 5) is 20.4. The van der Waals surface area contributed by atoms with E-state index in [2.05, 4.69) is 12.1 Å². The number of benzene rings is 3. The molecule has 5 rings (SSSR count). The van der Waals surface area contributed by atoms with Crippen molar-refractivity contribution in [1.82, 2.24) is 9.29 Å². The van der Waals surface area contributed by atoms with Crippen molar-refractivity contribution >= 4 is 42.6 Å². The van der Waals surface area contributed by atoms with E-state index < -0.39 is 10.0 Å². The average Bonchev–Trinajstić information content (AvgIpc) is 3.32. The number of fused-ring (bicyclic) bond motifs is 1. The number of morpholine rings is 1. The van der Waals surface area contributed by atoms with Crippen molar-refractivity contribution in [2.75, 3.05) is 31.2 Å². The summed E-state index contributed by atoms with van der Waals surface area (Å²) in [5, 5.41) is 0.609. The molecule has 0 atom stereocenters. The molecular formula is C27H27N3O4S2. The number of sulfonamides is 1. The van der Waals surface area contributed by atoms with Crippen LogP contribution in [0.15, 0.2) is 71.6 Å². The van der Waals surface area contributed by atoms with Crippen molar-refractivity contribution in [3.05, 3.63) is 89.0 Å². The molecule has 9 heteroatoms. The number of carbonyl (C=O) groups excluding carboxylic acids is 1. The highest BCUT2D eigenvalue weighted by Crippen LogP contribution is 2.33. The fourth-order valence-electron chi connectivity index (χ4n) is 4.33. The summed E-state index contributed by atoms with van der Waals surface area (Å²) in [6.45, 7) is 5.83. The van der Waals surface area contributed by atoms with Gasteiger partial charge in [0.25, 0.3) is 5.91 Å². The van der Waals surface area contributed by atoms with Crippen molar-refractivity contribution in [2.24, 2.45) is 0 Å². The summed E-state index contributed by atoms with van der Waals surface area (Å²) < 4.78 is 33.7. The van der Waals surface area contributed by atoms with Gasteiger partial charge in [0.05, 0.1) is 34.9 Å². The molecule has 1 aromatic heterocycles. The Morgan fingerprint density at radius 2 is 1.72 bits per heavy atom. The zero-order valence-corrected chi connectivity index (χ0v) is 21.8. The minimum absolute atomic E-state index is 0.168. The quantitative estimate of drug-likeness (QED) is 0.365. The number of aromatic nitrogens is 1. The van der Waals surface area contributed by atoms with Crippen LogP contribution < -0.4 is 4.90 Å². The van der Waals surface area contributed by atoms with Gasteiger partial charge in [0.1, 0.15) is 0 Å². The highest BCUT2D eigenvalue weighted by atomic mass is 32.2. The summed E-state index contributed by atoms with van der Waals surface area (Å²) in [5.41, 5.74) is 4.48. The number of rotatable bonds is 6. The van der Waals surface area contributed by atoms with Gasteiger partial charge in [-0.15, -0.1) is 0 Å². The molecule has 7 nitrogen and oxygen atoms in total. The van der Waals surface area contributed by atoms with Crippen LogP contribution in [0.2, 0.25) is 0 Å². The SMILES string of the molecule is Cc1cc(C)c2nc(N(Cc3ccccc3)C(=O)c3ccc(S(=O)(=O)N4CCOCC4)cc3)sc2c1. The molecule has 0 saturated carbocycles. The number of nitrogens with zero attached hydrogens (tertiary/aromatic N) is 3. The lowest BCUT2D eigenvalue weighted by atomic mass is 10.1. The summed E-state index contributed by atoms with van der Waals surface area (Å²) in [6.07, 6.45) is 0. The third-order valence-electron chi connectivity index (χ3n) is 6.19. The van der Waals surface area contributed by atoms with Gasteiger partial charge < -0.3 is 4.74 Å². The molecule has 4 aromatic rings. The van der Waals surface area contributed by atoms with Crippen LogP contribution in [0.3, 0.4) is 0 Å². The highest BCUT2D eigenvalue weighted by Gasteiger charge is 2.27. The molecular weight excluding hydrogens is 494 g/mol. The van der Waals surface area contributed by atoms with Crippen molar-refractivity contribution in [3.63, 3.8) is 0 Å². The van der Waals surface area contributed by atoms with Crippen molar-refractivity contribution in [1.29, 1.82) is 0 Å². The van der Waals surface area contributed by atoms with Crippen LogP contribution in [0.25, 0.3) is 10.2 Å². The minimum Gasteiger partial charge on any atom is -0.379 e. The number of thiazole rings is 1. The Hall–Kier alpha value is -3.11. The van der Waals surface area contributed by atoms with Gasteiger partial charge in [-0.2, -0.15) is 4.31 Å². The fourth-order valence-corrected chi connectivity index (χ4v) is 6.88. The lowest BCUT2D eigenvalue weighted by molar-refractivity contribution is 0.0730. The van der Waals surface area contributed by atoms with E-state index in [0.29, 0.717) is 43.5 Å². The summed E-state index contributed by atoms with van der Waals surface area (Å²) in [7, 11) is -3.63. The molecule has 0 aliphatic carbocycles. The molecule has 1 saturated heterocycles. The van der Waals surface area contributed by atoms with Gasteiger partial charge in [0.15, 0.2) is 5.13 Å². The van der Waals surface area contributed by atoms with Gasteiger partial charge in [0, 0.05) is 18.7 Å². The van der Waals surface area contributed by atoms with E-state index in [1.54, 1.807) is 17.0 Å². The molecule has 0 spiro atoms. The van der Waals surface area contributed by atoms with Crippen LogP contribution in [-0.2, 0) is 21.3 Å². The number of carbonyl (C=O) groups is 1. The second-order valence-corrected chi connectivity index (χ2v) is 11.8. The molecule has 1 fully saturated rings. The third-order valence-corrected chi connectivity index (χ3v) is 9.13. The van der Waals surface area contributed by atoms with Crippen LogP contribution >= 0.6 is 11.3 Å². The lowest BCUT2D eigenvalue weighted by Gasteiger charge is -2.26. The standard InChI is InChI=1S/C27H27N3O4S2/c1-19-16-20(2)25-24(17-19)35-27(28-25)30(18-21-6-4-3-5-7-21)26(31)22-8-10-23(11-9-22)36(32,33)29-12-14-34-15-13-29/h3-11,16-17H,12-15,18H2,1-2H3. The smallest absolute Gasteiger partial charge is 0.260 e. The van der Waals surface area contributed by atoms with E-state index in [4.69, 9.17) is 9.72 Å². The van der Waals surface area contributed by atoms with Gasteiger partial charge >= 0.3 is 0 Å². The van der Waals surface area contributed by atoms with Crippen molar-refractivity contribution in [2.45, 2.75) is 25.3 Å². The normalized spacial score (nSPS) is 14.7. The van der Waals surface area contributed by atoms with Gasteiger partial charge in [-0.3, -0.25) is 9.69 Å². The van der Waals surface area contributed by atoms with E-state index in [0.717, 1.165) is 26.9 Å². The summed E-state index contributed by atoms with van der Waals surface area (Å²) in [6, 6.07) is 20.1. The predicted octanol–water partition coefficient (Wildman–Crippen LogP) is 4.78. The molecule has 3 aromatic carbocycles. The highest BCUT2D eigenvalue weighted by molar-refractivity contribution is 7.89. The Kier molecular flexibility index (Phi) is 6.90. The zero-order valence-electron chi connectivity index (χ0n) is 20.2. The van der Waals surface area contributed by atoms with Crippen LogP contribution in [0.1, 0.15) is 27.0 Å². The zero-order chi connectivity index (χ0) is 25.3. The first-order chi connectivity index (χ1) is 17.3. The van der Waals surface area contributed by atoms with Gasteiger partial charge in [0.2, 0.25) is 10.0 Å². The Labute approximate surface area is 215 Å². The number of amides is 1. The number of hydrogen-bond acceptors (Lipinski definition) is 6. The Bertz CT molecular complexity index is 1490. The van der Waals surface area contributed by atoms with Gasteiger partial charge in [-0.25, -0.2) is 13.4 Å². The number of aryl methyl sites for hydroxylation is 2. The second kappa shape index (κ2) is 10.1. The largest absolute Gasteiger partial charge is 0.379 e. The number of anilines is 1. The summed E-state index contributed by atoms with van der Waals surface area (Å²) >= 11 is 1.48. The molecule has 36 heavy (non-hydrogen) atoms. The monoisotopic (exact) mass is 521 g/mol. The second-order valence-electron chi connectivity index (χ2n) is 8.84. The van der Waals surface area contributed by atoms with Gasteiger partial charge in [-0.1, -0.05) is 47.7 Å². The average molecular weight is 522 g/mol. The molecule has 186 valence electrons. The minimum atomic E-state index is -3.63. The fraction of sp³-hybridized carbons (Fsp3) is 0.259. The van der Waals surface area contributed by atoms with Gasteiger partial charge in [-0.05, 0) is 60.9 Å². The van der Waals surface area contributed by atoms with Crippen LogP contribution in [-0.4, -0.2) is 49.9 Å². The third kappa shape index (κ3) is 4.92. The number of hydrogen-bond donors (Lipinski definition) is 0. The molecule has 1 amide bonds. The first-order valence-electron chi connectivity index (χ1n) is 11.7. The first kappa shape index (κ1) is 24.6. The van der Waals surface area contributed by atoms with E-state index in [-0.39, 0.29) is 10.8 Å². The molecule has 0 radical (unpaired) electrons. The van der Waals surface area contributed by atoms with Crippen molar-refractivity contribution < 1.29 is 17.9 Å². The molecule has 1 aliphatic rings. The maximum Gasteiger partial charge on any atom is 0.260 e. The topological polar surface area (TPSA) is 79.8 Å². The first-order valence-corrected chi connectivity index (χ1v) is 14.0. The predicted molar refractivity (Wildman–Crippen MR) is 142 cm³/mol. The van der Waals surface area contributed by atoms with E-state index >= 15 is 0 Å². The molecule has 2 heterocycles. The van der Waals surface area contributed by atoms with Crippen molar-refractivity contribution in [3.8, 4) is 0 Å². The van der Waals surface area contributed by atoms with E-state index in [1.165, 1.54) is 27.8 Å². The van der Waals surface area contributed by atoms with Crippen LogP contribution in [0.5, 0.6) is 0 Å². The molecule has 0 bridgehead atoms. The maximum absolute atomic E-state index is 13.8. The Morgan fingerprint density at radius 3 is 2.42 bits per heavy atom. The lowest BCUT2D eigenvalue weighted by Crippen LogP contribution is -2.40. The van der Waals surface area contributed by atoms with E-state index in [9.17, 15) is 13.2 Å². The molecule has 0 N–H and O–H groups in total. The molecule has 1 aliphatic heterocycles. The Morgan fingerprint density at radius 1 is 1.03 bits per heavy atom. The van der Waals surface area contributed by atoms with E-state index in [1.807, 2.05) is 44.2 Å². The maximum atomic E-state index is 13.8. The summed E-state index contributed by atoms with van der Waals surface area (Å²) in [5.74, 6) is -0.234. The molecule has 0 unspecified atom stereocenters. The van der Waals surface area contributed by atoms with Crippen LogP contribution in [0.4, 0.5) is 5.13 Å². The Balaban J connectivity index is 1.49.